The molecule has 0 saturated heterocycles. The fraction of sp³-hybridized carbons (Fsp3) is 0.417. The topological polar surface area (TPSA) is 49.5 Å². The maximum absolute atomic E-state index is 12.1. The van der Waals surface area contributed by atoms with Crippen LogP contribution in [0.15, 0.2) is 30.3 Å². The first kappa shape index (κ1) is 11.1. The van der Waals surface area contributed by atoms with Crippen molar-refractivity contribution in [2.24, 2.45) is 0 Å². The molecule has 0 unspecified atom stereocenters. The molecule has 0 fully saturated rings. The Kier molecular flexibility index (Phi) is 2.48. The number of hydrogen-bond donors (Lipinski definition) is 1. The van der Waals surface area contributed by atoms with E-state index in [1.54, 1.807) is 13.8 Å². The number of hydrogen-bond acceptors (Lipinski definition) is 3. The number of hydroxylamine groups is 3. The SMILES string of the molecule is C[C@H]1C(c2ccccc2)=[N+]([O-])C(C)(C)N1O. The predicted octanol–water partition coefficient (Wildman–Crippen LogP) is 1.82. The first-order valence-corrected chi connectivity index (χ1v) is 5.34. The van der Waals surface area contributed by atoms with Crippen LogP contribution in [-0.4, -0.2) is 32.4 Å². The van der Waals surface area contributed by atoms with E-state index in [1.165, 1.54) is 0 Å². The maximum atomic E-state index is 12.1. The molecular formula is C12H16N2O2. The fourth-order valence-electron chi connectivity index (χ4n) is 2.11. The second-order valence-corrected chi connectivity index (χ2v) is 4.56. The van der Waals surface area contributed by atoms with Gasteiger partial charge in [-0.25, -0.2) is 0 Å². The first-order valence-electron chi connectivity index (χ1n) is 5.34. The molecule has 1 aromatic rings. The van der Waals surface area contributed by atoms with E-state index in [9.17, 15) is 10.4 Å². The molecule has 1 atom stereocenters. The van der Waals surface area contributed by atoms with Crippen molar-refractivity contribution in [2.75, 3.05) is 0 Å². The molecule has 0 amide bonds. The average Bonchev–Trinajstić information content (AvgIpc) is 2.42. The molecule has 4 heteroatoms. The Labute approximate surface area is 95.0 Å². The van der Waals surface area contributed by atoms with Crippen LogP contribution in [0.2, 0.25) is 0 Å². The Bertz CT molecular complexity index is 426. The zero-order valence-corrected chi connectivity index (χ0v) is 9.71. The number of rotatable bonds is 1. The molecule has 0 bridgehead atoms. The van der Waals surface area contributed by atoms with Crippen molar-refractivity contribution in [3.63, 3.8) is 0 Å². The van der Waals surface area contributed by atoms with Crippen LogP contribution in [0.1, 0.15) is 26.3 Å². The van der Waals surface area contributed by atoms with E-state index < -0.39 is 5.66 Å². The summed E-state index contributed by atoms with van der Waals surface area (Å²) in [6.07, 6.45) is 0. The van der Waals surface area contributed by atoms with Crippen LogP contribution >= 0.6 is 0 Å². The van der Waals surface area contributed by atoms with Crippen LogP contribution in [0, 0.1) is 5.21 Å². The van der Waals surface area contributed by atoms with E-state index in [2.05, 4.69) is 0 Å². The average molecular weight is 220 g/mol. The van der Waals surface area contributed by atoms with Gasteiger partial charge in [0.05, 0.1) is 0 Å². The minimum atomic E-state index is -0.912. The van der Waals surface area contributed by atoms with Gasteiger partial charge in [-0.3, -0.25) is 0 Å². The van der Waals surface area contributed by atoms with Crippen LogP contribution in [0.25, 0.3) is 0 Å². The van der Waals surface area contributed by atoms with Crippen LogP contribution in [0.5, 0.6) is 0 Å². The van der Waals surface area contributed by atoms with Gasteiger partial charge in [-0.05, 0) is 19.1 Å². The zero-order chi connectivity index (χ0) is 11.9. The molecule has 0 aliphatic carbocycles. The van der Waals surface area contributed by atoms with Crippen molar-refractivity contribution in [1.82, 2.24) is 5.06 Å². The number of nitrogens with zero attached hydrogens (tertiary/aromatic N) is 2. The van der Waals surface area contributed by atoms with Gasteiger partial charge >= 0.3 is 0 Å². The lowest BCUT2D eigenvalue weighted by Gasteiger charge is -2.24. The molecule has 0 saturated carbocycles. The van der Waals surface area contributed by atoms with E-state index in [0.29, 0.717) is 5.71 Å². The molecule has 1 aliphatic heterocycles. The van der Waals surface area contributed by atoms with Crippen molar-refractivity contribution in [3.8, 4) is 0 Å². The van der Waals surface area contributed by atoms with Gasteiger partial charge in [-0.1, -0.05) is 18.2 Å². The standard InChI is InChI=1S/C12H16N2O2/c1-9-11(10-7-5-4-6-8-10)14(16)12(2,3)13(9)15/h4-9,15H,1-3H3/t9-/m0/s1. The largest absolute Gasteiger partial charge is 0.622 e. The molecule has 1 aliphatic rings. The predicted molar refractivity (Wildman–Crippen MR) is 61.3 cm³/mol. The van der Waals surface area contributed by atoms with Crippen LogP contribution < -0.4 is 0 Å². The van der Waals surface area contributed by atoms with Gasteiger partial charge in [0.25, 0.3) is 0 Å². The summed E-state index contributed by atoms with van der Waals surface area (Å²) in [6.45, 7) is 5.22. The van der Waals surface area contributed by atoms with E-state index in [0.717, 1.165) is 15.4 Å². The van der Waals surface area contributed by atoms with E-state index in [1.807, 2.05) is 37.3 Å². The summed E-state index contributed by atoms with van der Waals surface area (Å²) in [6, 6.07) is 9.14. The Morgan fingerprint density at radius 2 is 1.88 bits per heavy atom. The van der Waals surface area contributed by atoms with Crippen molar-refractivity contribution < 1.29 is 9.95 Å². The highest BCUT2D eigenvalue weighted by atomic mass is 16.6. The Morgan fingerprint density at radius 3 is 2.31 bits per heavy atom. The highest BCUT2D eigenvalue weighted by Gasteiger charge is 2.49. The van der Waals surface area contributed by atoms with Crippen molar-refractivity contribution >= 4 is 5.71 Å². The second-order valence-electron chi connectivity index (χ2n) is 4.56. The third-order valence-electron chi connectivity index (χ3n) is 3.11. The van der Waals surface area contributed by atoms with Crippen LogP contribution in [-0.2, 0) is 0 Å². The quantitative estimate of drug-likeness (QED) is 0.580. The van der Waals surface area contributed by atoms with Gasteiger partial charge in [0, 0.05) is 19.4 Å². The third kappa shape index (κ3) is 1.42. The molecule has 0 spiro atoms. The maximum Gasteiger partial charge on any atom is 0.245 e. The Balaban J connectivity index is 2.53. The van der Waals surface area contributed by atoms with Crippen molar-refractivity contribution in [3.05, 3.63) is 41.1 Å². The lowest BCUT2D eigenvalue weighted by molar-refractivity contribution is -0.579. The van der Waals surface area contributed by atoms with E-state index >= 15 is 0 Å². The van der Waals surface area contributed by atoms with Crippen LogP contribution in [0.3, 0.4) is 0 Å². The summed E-state index contributed by atoms with van der Waals surface area (Å²) in [7, 11) is 0. The zero-order valence-electron chi connectivity index (χ0n) is 9.71. The molecule has 1 aromatic carbocycles. The normalized spacial score (nSPS) is 25.1. The van der Waals surface area contributed by atoms with Crippen molar-refractivity contribution in [1.29, 1.82) is 0 Å². The molecule has 1 heterocycles. The highest BCUT2D eigenvalue weighted by molar-refractivity contribution is 6.01. The lowest BCUT2D eigenvalue weighted by atomic mass is 10.1. The van der Waals surface area contributed by atoms with Gasteiger partial charge in [-0.15, -0.1) is 5.06 Å². The fourth-order valence-corrected chi connectivity index (χ4v) is 2.11. The Hall–Kier alpha value is -1.39. The van der Waals surface area contributed by atoms with Gasteiger partial charge in [-0.2, -0.15) is 4.74 Å². The highest BCUT2D eigenvalue weighted by Crippen LogP contribution is 2.26. The van der Waals surface area contributed by atoms with Gasteiger partial charge in [0.15, 0.2) is 0 Å². The number of benzene rings is 1. The summed E-state index contributed by atoms with van der Waals surface area (Å²) < 4.78 is 0.882. The van der Waals surface area contributed by atoms with E-state index in [-0.39, 0.29) is 6.04 Å². The van der Waals surface area contributed by atoms with Gasteiger partial charge in [0.1, 0.15) is 6.04 Å². The first-order chi connectivity index (χ1) is 7.46. The summed E-state index contributed by atoms with van der Waals surface area (Å²) in [5.74, 6) is 0. The molecule has 0 radical (unpaired) electrons. The molecule has 0 aromatic heterocycles. The molecule has 2 rings (SSSR count). The smallest absolute Gasteiger partial charge is 0.245 e. The summed E-state index contributed by atoms with van der Waals surface area (Å²) in [5.41, 5.74) is 0.549. The molecule has 4 nitrogen and oxygen atoms in total. The van der Waals surface area contributed by atoms with E-state index in [4.69, 9.17) is 0 Å². The third-order valence-corrected chi connectivity index (χ3v) is 3.11. The minimum Gasteiger partial charge on any atom is -0.622 e. The monoisotopic (exact) mass is 220 g/mol. The summed E-state index contributed by atoms with van der Waals surface area (Å²) >= 11 is 0. The van der Waals surface area contributed by atoms with Gasteiger partial charge in [0.2, 0.25) is 11.4 Å². The molecule has 16 heavy (non-hydrogen) atoms. The molecule has 86 valence electrons. The Morgan fingerprint density at radius 1 is 1.31 bits per heavy atom. The molecular weight excluding hydrogens is 204 g/mol. The minimum absolute atomic E-state index is 0.296. The molecule has 1 N–H and O–H groups in total. The van der Waals surface area contributed by atoms with Gasteiger partial charge < -0.3 is 10.4 Å². The van der Waals surface area contributed by atoms with Crippen LogP contribution in [0.4, 0.5) is 0 Å². The summed E-state index contributed by atoms with van der Waals surface area (Å²) in [5, 5.41) is 23.1. The summed E-state index contributed by atoms with van der Waals surface area (Å²) in [4.78, 5) is 0. The second kappa shape index (κ2) is 3.57. The lowest BCUT2D eigenvalue weighted by Crippen LogP contribution is -2.45. The van der Waals surface area contributed by atoms with Crippen molar-refractivity contribution in [2.45, 2.75) is 32.5 Å².